The number of hydrogen-bond acceptors (Lipinski definition) is 5. The first-order valence-corrected chi connectivity index (χ1v) is 10.5. The number of thiophene rings is 1. The molecule has 0 bridgehead atoms. The van der Waals surface area contributed by atoms with E-state index in [0.29, 0.717) is 11.7 Å². The zero-order chi connectivity index (χ0) is 18.3. The maximum Gasteiger partial charge on any atom is 0.176 e. The van der Waals surface area contributed by atoms with Gasteiger partial charge in [-0.3, -0.25) is 4.79 Å². The Morgan fingerprint density at radius 3 is 2.96 bits per heavy atom. The molecule has 0 fully saturated rings. The molecule has 0 N–H and O–H groups in total. The van der Waals surface area contributed by atoms with Crippen molar-refractivity contribution in [2.75, 3.05) is 5.75 Å². The normalized spacial score (nSPS) is 16.7. The van der Waals surface area contributed by atoms with Crippen LogP contribution in [0.25, 0.3) is 10.2 Å². The molecule has 0 saturated heterocycles. The van der Waals surface area contributed by atoms with E-state index in [0.717, 1.165) is 28.1 Å². The second-order valence-corrected chi connectivity index (χ2v) is 8.85. The predicted molar refractivity (Wildman–Crippen MR) is 105 cm³/mol. The van der Waals surface area contributed by atoms with Crippen molar-refractivity contribution in [2.45, 2.75) is 38.1 Å². The van der Waals surface area contributed by atoms with Crippen molar-refractivity contribution in [3.63, 3.8) is 0 Å². The molecule has 0 unspecified atom stereocenters. The van der Waals surface area contributed by atoms with Gasteiger partial charge in [0.05, 0.1) is 11.3 Å². The van der Waals surface area contributed by atoms with Crippen LogP contribution < -0.4 is 0 Å². The van der Waals surface area contributed by atoms with E-state index >= 15 is 0 Å². The quantitative estimate of drug-likeness (QED) is 0.349. The highest BCUT2D eigenvalue weighted by Gasteiger charge is 2.24. The number of aryl methyl sites for hydroxylation is 2. The Morgan fingerprint density at radius 2 is 2.15 bits per heavy atom. The summed E-state index contributed by atoms with van der Waals surface area (Å²) >= 11 is 3.15. The standard InChI is InChI=1S/C20H19FN2OS2/c1-11-7-8-14-17(9-11)26-20-18(14)19(22-12(2)23-20)25-10-16(24)13-5-3-4-6-15(13)21/h3-6,11H,7-10H2,1-2H3/t11-/m1/s1. The summed E-state index contributed by atoms with van der Waals surface area (Å²) in [5.74, 6) is 0.903. The van der Waals surface area contributed by atoms with Gasteiger partial charge in [-0.25, -0.2) is 14.4 Å². The highest BCUT2D eigenvalue weighted by Crippen LogP contribution is 2.41. The summed E-state index contributed by atoms with van der Waals surface area (Å²) in [4.78, 5) is 24.1. The third-order valence-corrected chi connectivity index (χ3v) is 6.87. The summed E-state index contributed by atoms with van der Waals surface area (Å²) in [5.41, 5.74) is 1.49. The number of carbonyl (C=O) groups excluding carboxylic acids is 1. The summed E-state index contributed by atoms with van der Waals surface area (Å²) in [6.07, 6.45) is 3.30. The van der Waals surface area contributed by atoms with Crippen LogP contribution in [0.5, 0.6) is 0 Å². The van der Waals surface area contributed by atoms with Crippen molar-refractivity contribution >= 4 is 39.1 Å². The highest BCUT2D eigenvalue weighted by atomic mass is 32.2. The number of carbonyl (C=O) groups is 1. The van der Waals surface area contributed by atoms with Gasteiger partial charge in [0.25, 0.3) is 0 Å². The van der Waals surface area contributed by atoms with Gasteiger partial charge in [0, 0.05) is 10.3 Å². The van der Waals surface area contributed by atoms with Gasteiger partial charge in [0.1, 0.15) is 21.5 Å². The molecule has 26 heavy (non-hydrogen) atoms. The lowest BCUT2D eigenvalue weighted by Gasteiger charge is -2.18. The fourth-order valence-electron chi connectivity index (χ4n) is 3.41. The van der Waals surface area contributed by atoms with Crippen LogP contribution in [0.15, 0.2) is 29.3 Å². The molecule has 2 aromatic heterocycles. The van der Waals surface area contributed by atoms with Crippen molar-refractivity contribution in [1.82, 2.24) is 9.97 Å². The van der Waals surface area contributed by atoms with Gasteiger partial charge in [-0.2, -0.15) is 0 Å². The number of benzene rings is 1. The number of halogens is 1. The minimum atomic E-state index is -0.469. The third-order valence-electron chi connectivity index (χ3n) is 4.75. The van der Waals surface area contributed by atoms with Crippen LogP contribution in [0.2, 0.25) is 0 Å². The number of fused-ring (bicyclic) bond motifs is 3. The number of rotatable bonds is 4. The van der Waals surface area contributed by atoms with Gasteiger partial charge in [0.15, 0.2) is 5.78 Å². The summed E-state index contributed by atoms with van der Waals surface area (Å²) in [7, 11) is 0. The predicted octanol–water partition coefficient (Wildman–Crippen LogP) is 5.24. The van der Waals surface area contributed by atoms with Crippen molar-refractivity contribution < 1.29 is 9.18 Å². The maximum absolute atomic E-state index is 13.8. The van der Waals surface area contributed by atoms with Crippen molar-refractivity contribution in [2.24, 2.45) is 5.92 Å². The van der Waals surface area contributed by atoms with E-state index in [-0.39, 0.29) is 17.1 Å². The van der Waals surface area contributed by atoms with Gasteiger partial charge in [0.2, 0.25) is 0 Å². The summed E-state index contributed by atoms with van der Waals surface area (Å²) in [6, 6.07) is 6.13. The molecule has 0 spiro atoms. The molecule has 134 valence electrons. The van der Waals surface area contributed by atoms with E-state index in [1.165, 1.54) is 40.8 Å². The number of hydrogen-bond donors (Lipinski definition) is 0. The zero-order valence-electron chi connectivity index (χ0n) is 14.7. The molecule has 1 aliphatic carbocycles. The van der Waals surface area contributed by atoms with Gasteiger partial charge in [-0.1, -0.05) is 30.8 Å². The molecule has 1 aliphatic rings. The Kier molecular flexibility index (Phi) is 4.80. The van der Waals surface area contributed by atoms with Gasteiger partial charge >= 0.3 is 0 Å². The molecule has 0 saturated carbocycles. The Morgan fingerprint density at radius 1 is 1.35 bits per heavy atom. The fraction of sp³-hybridized carbons (Fsp3) is 0.350. The van der Waals surface area contributed by atoms with Gasteiger partial charge < -0.3 is 0 Å². The largest absolute Gasteiger partial charge is 0.293 e. The Hall–Kier alpha value is -1.79. The van der Waals surface area contributed by atoms with Crippen molar-refractivity contribution in [3.05, 3.63) is 51.9 Å². The lowest BCUT2D eigenvalue weighted by atomic mass is 9.89. The Bertz CT molecular complexity index is 999. The van der Waals surface area contributed by atoms with Crippen molar-refractivity contribution in [1.29, 1.82) is 0 Å². The Balaban J connectivity index is 1.66. The molecule has 0 aliphatic heterocycles. The van der Waals surface area contributed by atoms with E-state index in [2.05, 4.69) is 16.9 Å². The van der Waals surface area contributed by atoms with E-state index in [1.807, 2.05) is 6.92 Å². The van der Waals surface area contributed by atoms with Gasteiger partial charge in [-0.05, 0) is 49.8 Å². The summed E-state index contributed by atoms with van der Waals surface area (Å²) < 4.78 is 13.8. The summed E-state index contributed by atoms with van der Waals surface area (Å²) in [5, 5.41) is 1.96. The first-order chi connectivity index (χ1) is 12.5. The monoisotopic (exact) mass is 386 g/mol. The first-order valence-electron chi connectivity index (χ1n) is 8.72. The SMILES string of the molecule is Cc1nc(SCC(=O)c2ccccc2F)c2c3c(sc2n1)C[C@H](C)CC3. The van der Waals surface area contributed by atoms with Crippen LogP contribution in [0.1, 0.15) is 40.0 Å². The maximum atomic E-state index is 13.8. The average Bonchev–Trinajstić information content (AvgIpc) is 2.96. The fourth-order valence-corrected chi connectivity index (χ4v) is 5.89. The highest BCUT2D eigenvalue weighted by molar-refractivity contribution is 8.00. The molecule has 1 atom stereocenters. The van der Waals surface area contributed by atoms with Crippen LogP contribution in [0.4, 0.5) is 4.39 Å². The first kappa shape index (κ1) is 17.6. The molecule has 0 amide bonds. The molecule has 4 rings (SSSR count). The number of nitrogens with zero attached hydrogens (tertiary/aromatic N) is 2. The topological polar surface area (TPSA) is 42.9 Å². The molecule has 2 heterocycles. The van der Waals surface area contributed by atoms with E-state index < -0.39 is 5.82 Å². The second-order valence-electron chi connectivity index (χ2n) is 6.80. The molecule has 6 heteroatoms. The molecular weight excluding hydrogens is 367 g/mol. The number of thioether (sulfide) groups is 1. The van der Waals surface area contributed by atoms with E-state index in [4.69, 9.17) is 0 Å². The van der Waals surface area contributed by atoms with Crippen LogP contribution >= 0.6 is 23.1 Å². The smallest absolute Gasteiger partial charge is 0.176 e. The van der Waals surface area contributed by atoms with E-state index in [9.17, 15) is 9.18 Å². The minimum absolute atomic E-state index is 0.142. The lowest BCUT2D eigenvalue weighted by molar-refractivity contribution is 0.101. The minimum Gasteiger partial charge on any atom is -0.293 e. The van der Waals surface area contributed by atoms with Crippen LogP contribution in [0, 0.1) is 18.7 Å². The molecule has 3 aromatic rings. The second kappa shape index (κ2) is 7.08. The Labute approximate surface area is 160 Å². The van der Waals surface area contributed by atoms with Crippen LogP contribution in [-0.4, -0.2) is 21.5 Å². The van der Waals surface area contributed by atoms with Crippen LogP contribution in [-0.2, 0) is 12.8 Å². The van der Waals surface area contributed by atoms with Gasteiger partial charge in [-0.15, -0.1) is 11.3 Å². The lowest BCUT2D eigenvalue weighted by Crippen LogP contribution is -2.09. The third kappa shape index (κ3) is 3.28. The number of ketones is 1. The van der Waals surface area contributed by atoms with Crippen LogP contribution in [0.3, 0.4) is 0 Å². The summed E-state index contributed by atoms with van der Waals surface area (Å²) in [6.45, 7) is 4.16. The molecule has 3 nitrogen and oxygen atoms in total. The molecule has 1 aromatic carbocycles. The number of Topliss-reactive ketones (excluding diaryl/α,β-unsaturated/α-hetero) is 1. The van der Waals surface area contributed by atoms with E-state index in [1.54, 1.807) is 23.5 Å². The molecular formula is C20H19FN2OS2. The average molecular weight is 387 g/mol. The zero-order valence-corrected chi connectivity index (χ0v) is 16.3. The van der Waals surface area contributed by atoms with Crippen molar-refractivity contribution in [3.8, 4) is 0 Å². The molecule has 0 radical (unpaired) electrons. The number of aromatic nitrogens is 2.